The van der Waals surface area contributed by atoms with E-state index in [2.05, 4.69) is 18.3 Å². The number of nitrogens with zero attached hydrogens (tertiary/aromatic N) is 5. The number of carbonyl (C=O) groups is 3. The monoisotopic (exact) mass is 582 g/mol. The molecule has 2 fully saturated rings. The van der Waals surface area contributed by atoms with E-state index in [0.29, 0.717) is 13.1 Å². The number of urea groups is 1. The number of fused-ring (bicyclic) bond motifs is 2. The number of hydrazine groups is 1. The van der Waals surface area contributed by atoms with Crippen molar-refractivity contribution in [2.24, 2.45) is 4.99 Å². The minimum Gasteiger partial charge on any atom is -0.508 e. The highest BCUT2D eigenvalue weighted by Crippen LogP contribution is 2.36. The maximum atomic E-state index is 14.1. The van der Waals surface area contributed by atoms with Crippen molar-refractivity contribution < 1.29 is 19.5 Å². The molecule has 3 aromatic carbocycles. The molecule has 3 heterocycles. The molecule has 3 aromatic rings. The minimum absolute atomic E-state index is 0. The van der Waals surface area contributed by atoms with Gasteiger partial charge in [-0.1, -0.05) is 75.0 Å². The van der Waals surface area contributed by atoms with Crippen molar-refractivity contribution in [2.45, 2.75) is 45.4 Å². The van der Waals surface area contributed by atoms with Gasteiger partial charge in [0.15, 0.2) is 0 Å². The van der Waals surface area contributed by atoms with Crippen LogP contribution in [-0.4, -0.2) is 87.4 Å². The first-order valence-corrected chi connectivity index (χ1v) is 14.2. The van der Waals surface area contributed by atoms with Crippen LogP contribution in [0.25, 0.3) is 0 Å². The zero-order chi connectivity index (χ0) is 29.4. The summed E-state index contributed by atoms with van der Waals surface area (Å²) >= 11 is 0. The molecule has 3 aliphatic heterocycles. The van der Waals surface area contributed by atoms with E-state index < -0.39 is 12.2 Å². The Labute approximate surface area is 252 Å². The Hall–Kier alpha value is -4.70. The zero-order valence-electron chi connectivity index (χ0n) is 23.7. The van der Waals surface area contributed by atoms with E-state index in [1.165, 1.54) is 0 Å². The number of aliphatic imine (C=N–C) groups is 1. The van der Waals surface area contributed by atoms with Gasteiger partial charge in [-0.2, -0.15) is 0 Å². The smallest absolute Gasteiger partial charge is 0.334 e. The van der Waals surface area contributed by atoms with Crippen molar-refractivity contribution in [2.75, 3.05) is 26.7 Å². The second kappa shape index (κ2) is 12.3. The normalized spacial score (nSPS) is 21.6. The maximum absolute atomic E-state index is 14.1. The van der Waals surface area contributed by atoms with Crippen molar-refractivity contribution in [1.82, 2.24) is 25.1 Å². The number of hydrogen-bond acceptors (Lipinski definition) is 6. The number of para-hydroxylation sites is 1. The first-order valence-electron chi connectivity index (χ1n) is 14.2. The molecule has 6 rings (SSSR count). The largest absolute Gasteiger partial charge is 0.508 e. The lowest BCUT2D eigenvalue weighted by molar-refractivity contribution is -0.186. The fourth-order valence-corrected chi connectivity index (χ4v) is 6.11. The molecule has 3 aliphatic rings. The molecule has 4 amide bonds. The van der Waals surface area contributed by atoms with Gasteiger partial charge in [0.2, 0.25) is 11.8 Å². The number of carbonyl (C=O) groups excluding carboxylic acids is 3. The number of amides is 4. The molecule has 0 aliphatic carbocycles. The molecule has 2 saturated heterocycles. The SMILES string of the molecule is C.CC1C(CN2C[C@H]3N(C(=O)CN(C)N3C(=O)NCc3ccccc3)[C@@H](Cc3ccc(O)cc3)C2=O)=Nc2ccccc21. The predicted molar refractivity (Wildman–Crippen MR) is 165 cm³/mol. The molecule has 2 N–H and O–H groups in total. The van der Waals surface area contributed by atoms with Crippen LogP contribution in [0.4, 0.5) is 10.5 Å². The number of hydrogen-bond donors (Lipinski definition) is 2. The number of nitrogens with one attached hydrogen (secondary N) is 1. The van der Waals surface area contributed by atoms with Crippen LogP contribution in [0.3, 0.4) is 0 Å². The third-order valence-electron chi connectivity index (χ3n) is 8.32. The predicted octanol–water partition coefficient (Wildman–Crippen LogP) is 3.90. The Morgan fingerprint density at radius 1 is 0.977 bits per heavy atom. The molecule has 0 aromatic heterocycles. The maximum Gasteiger partial charge on any atom is 0.334 e. The van der Waals surface area contributed by atoms with E-state index in [0.717, 1.165) is 28.1 Å². The summed E-state index contributed by atoms with van der Waals surface area (Å²) in [6.07, 6.45) is -0.449. The van der Waals surface area contributed by atoms with Gasteiger partial charge >= 0.3 is 6.03 Å². The molecule has 1 unspecified atom stereocenters. The van der Waals surface area contributed by atoms with Crippen LogP contribution >= 0.6 is 0 Å². The van der Waals surface area contributed by atoms with Crippen LogP contribution < -0.4 is 5.32 Å². The third-order valence-corrected chi connectivity index (χ3v) is 8.32. The Morgan fingerprint density at radius 3 is 2.40 bits per heavy atom. The van der Waals surface area contributed by atoms with Crippen molar-refractivity contribution in [3.8, 4) is 5.75 Å². The van der Waals surface area contributed by atoms with E-state index in [1.807, 2.05) is 48.5 Å². The third kappa shape index (κ3) is 5.83. The zero-order valence-corrected chi connectivity index (χ0v) is 23.7. The number of benzene rings is 3. The molecule has 0 spiro atoms. The van der Waals surface area contributed by atoms with E-state index in [-0.39, 0.29) is 56.4 Å². The van der Waals surface area contributed by atoms with Crippen LogP contribution in [0, 0.1) is 0 Å². The lowest BCUT2D eigenvalue weighted by Gasteiger charge is -2.54. The van der Waals surface area contributed by atoms with Crippen LogP contribution in [0.15, 0.2) is 83.9 Å². The number of rotatable bonds is 6. The Morgan fingerprint density at radius 2 is 1.67 bits per heavy atom. The van der Waals surface area contributed by atoms with Crippen molar-refractivity contribution in [3.63, 3.8) is 0 Å². The number of piperazine rings is 1. The van der Waals surface area contributed by atoms with Gasteiger partial charge in [0.25, 0.3) is 0 Å². The fourth-order valence-electron chi connectivity index (χ4n) is 6.11. The summed E-state index contributed by atoms with van der Waals surface area (Å²) in [5, 5.41) is 16.0. The molecule has 10 heteroatoms. The fraction of sp³-hybridized carbons (Fsp3) is 0.333. The molecule has 0 radical (unpaired) electrons. The topological polar surface area (TPSA) is 109 Å². The van der Waals surface area contributed by atoms with Crippen molar-refractivity contribution in [3.05, 3.63) is 95.6 Å². The molecule has 10 nitrogen and oxygen atoms in total. The van der Waals surface area contributed by atoms with Crippen LogP contribution in [0.5, 0.6) is 5.75 Å². The number of phenolic OH excluding ortho intramolecular Hbond substituents is 1. The van der Waals surface area contributed by atoms with Gasteiger partial charge < -0.3 is 20.2 Å². The van der Waals surface area contributed by atoms with E-state index >= 15 is 0 Å². The first kappa shape index (κ1) is 29.8. The molecule has 43 heavy (non-hydrogen) atoms. The highest BCUT2D eigenvalue weighted by atomic mass is 16.3. The van der Waals surface area contributed by atoms with Gasteiger partial charge in [0, 0.05) is 31.6 Å². The molecular formula is C33H38N6O4. The highest BCUT2D eigenvalue weighted by molar-refractivity contribution is 6.01. The second-order valence-corrected chi connectivity index (χ2v) is 11.1. The quantitative estimate of drug-likeness (QED) is 0.459. The van der Waals surface area contributed by atoms with E-state index in [1.54, 1.807) is 51.1 Å². The number of likely N-dealkylation sites (N-methyl/N-ethyl adjacent to an activating group) is 1. The summed E-state index contributed by atoms with van der Waals surface area (Å²) in [6, 6.07) is 23.1. The number of aromatic hydroxyl groups is 1. The molecule has 0 bridgehead atoms. The summed E-state index contributed by atoms with van der Waals surface area (Å²) in [7, 11) is 1.72. The van der Waals surface area contributed by atoms with Gasteiger partial charge in [0.1, 0.15) is 18.0 Å². The summed E-state index contributed by atoms with van der Waals surface area (Å²) in [4.78, 5) is 49.5. The molecular weight excluding hydrogens is 544 g/mol. The summed E-state index contributed by atoms with van der Waals surface area (Å²) < 4.78 is 0. The Bertz CT molecular complexity index is 1530. The minimum atomic E-state index is -0.821. The number of phenols is 1. The average Bonchev–Trinajstić information content (AvgIpc) is 3.30. The first-order chi connectivity index (χ1) is 20.3. The summed E-state index contributed by atoms with van der Waals surface area (Å²) in [6.45, 7) is 2.83. The lowest BCUT2D eigenvalue weighted by Crippen LogP contribution is -2.76. The van der Waals surface area contributed by atoms with Gasteiger partial charge in [-0.15, -0.1) is 0 Å². The van der Waals surface area contributed by atoms with E-state index in [4.69, 9.17) is 4.99 Å². The summed E-state index contributed by atoms with van der Waals surface area (Å²) in [5.41, 5.74) is 4.65. The average molecular weight is 583 g/mol. The van der Waals surface area contributed by atoms with Crippen LogP contribution in [0.2, 0.25) is 0 Å². The lowest BCUT2D eigenvalue weighted by atomic mass is 9.95. The molecule has 3 atom stereocenters. The Kier molecular flexibility index (Phi) is 8.50. The highest BCUT2D eigenvalue weighted by Gasteiger charge is 2.51. The standard InChI is InChI=1S/C32H34N6O4.CH4/c1-21-25-10-6-7-11-26(25)34-27(21)18-36-19-29-37(28(31(36)41)16-22-12-14-24(39)15-13-22)30(40)20-35(2)38(29)32(42)33-17-23-8-4-3-5-9-23;/h3-15,21,28-29,39H,16-20H2,1-2H3,(H,33,42);1H4/t21?,28-,29-;/m0./s1. The van der Waals surface area contributed by atoms with Crippen LogP contribution in [-0.2, 0) is 22.6 Å². The molecule has 0 saturated carbocycles. The van der Waals surface area contributed by atoms with Crippen molar-refractivity contribution >= 4 is 29.2 Å². The summed E-state index contributed by atoms with van der Waals surface area (Å²) in [5.74, 6) is -0.237. The van der Waals surface area contributed by atoms with Gasteiger partial charge in [-0.05, 0) is 34.9 Å². The van der Waals surface area contributed by atoms with E-state index in [9.17, 15) is 19.5 Å². The molecule has 224 valence electrons. The van der Waals surface area contributed by atoms with Gasteiger partial charge in [0.05, 0.1) is 25.3 Å². The van der Waals surface area contributed by atoms with Gasteiger partial charge in [-0.25, -0.2) is 14.8 Å². The van der Waals surface area contributed by atoms with Crippen LogP contribution in [0.1, 0.15) is 37.0 Å². The second-order valence-electron chi connectivity index (χ2n) is 11.1. The van der Waals surface area contributed by atoms with Gasteiger partial charge in [-0.3, -0.25) is 14.6 Å². The van der Waals surface area contributed by atoms with Crippen molar-refractivity contribution in [1.29, 1.82) is 0 Å². The Balaban J connectivity index is 0.00000368.